The van der Waals surface area contributed by atoms with Gasteiger partial charge in [0.05, 0.1) is 24.0 Å². The molecule has 1 aromatic rings. The molecule has 3 N–H and O–H groups in total. The van der Waals surface area contributed by atoms with Crippen molar-refractivity contribution in [1.29, 1.82) is 0 Å². The minimum Gasteiger partial charge on any atom is -0.508 e. The van der Waals surface area contributed by atoms with Crippen LogP contribution >= 0.6 is 0 Å². The molecule has 1 amide bonds. The van der Waals surface area contributed by atoms with E-state index in [1.165, 1.54) is 12.1 Å². The Morgan fingerprint density at radius 1 is 1.10 bits per heavy atom. The van der Waals surface area contributed by atoms with Gasteiger partial charge >= 0.3 is 5.97 Å². The van der Waals surface area contributed by atoms with Crippen molar-refractivity contribution in [2.24, 2.45) is 11.8 Å². The molecule has 2 fully saturated rings. The number of phenols is 1. The first-order valence-corrected chi connectivity index (χ1v) is 6.54. The van der Waals surface area contributed by atoms with E-state index >= 15 is 0 Å². The van der Waals surface area contributed by atoms with E-state index in [0.717, 1.165) is 6.42 Å². The van der Waals surface area contributed by atoms with Crippen LogP contribution in [-0.2, 0) is 14.3 Å². The summed E-state index contributed by atoms with van der Waals surface area (Å²) in [4.78, 5) is 23.6. The Kier molecular flexibility index (Phi) is 3.10. The number of fused-ring (bicyclic) bond motifs is 2. The Morgan fingerprint density at radius 3 is 2.30 bits per heavy atom. The number of nitrogens with one attached hydrogen (secondary N) is 1. The second-order valence-corrected chi connectivity index (χ2v) is 5.22. The molecule has 2 bridgehead atoms. The number of amides is 1. The molecule has 2 aliphatic rings. The van der Waals surface area contributed by atoms with E-state index in [0.29, 0.717) is 12.1 Å². The van der Waals surface area contributed by atoms with Gasteiger partial charge in [0.15, 0.2) is 0 Å². The highest BCUT2D eigenvalue weighted by molar-refractivity contribution is 5.96. The van der Waals surface area contributed by atoms with Gasteiger partial charge in [0.2, 0.25) is 5.91 Å². The van der Waals surface area contributed by atoms with E-state index in [1.807, 2.05) is 0 Å². The number of carboxylic acid groups (broad SMARTS) is 1. The monoisotopic (exact) mass is 277 g/mol. The summed E-state index contributed by atoms with van der Waals surface area (Å²) >= 11 is 0. The second-order valence-electron chi connectivity index (χ2n) is 5.22. The molecular weight excluding hydrogens is 262 g/mol. The predicted molar refractivity (Wildman–Crippen MR) is 69.2 cm³/mol. The molecule has 2 unspecified atom stereocenters. The highest BCUT2D eigenvalue weighted by atomic mass is 16.5. The van der Waals surface area contributed by atoms with E-state index in [9.17, 15) is 19.8 Å². The molecule has 0 aromatic heterocycles. The summed E-state index contributed by atoms with van der Waals surface area (Å²) in [5.74, 6) is -2.64. The van der Waals surface area contributed by atoms with E-state index in [2.05, 4.69) is 5.32 Å². The number of aliphatic carboxylic acids is 1. The molecule has 0 radical (unpaired) electrons. The molecule has 4 atom stereocenters. The van der Waals surface area contributed by atoms with Crippen LogP contribution in [0.5, 0.6) is 5.75 Å². The highest BCUT2D eigenvalue weighted by Gasteiger charge is 2.55. The summed E-state index contributed by atoms with van der Waals surface area (Å²) < 4.78 is 5.56. The lowest BCUT2D eigenvalue weighted by molar-refractivity contribution is -0.147. The lowest BCUT2D eigenvalue weighted by Gasteiger charge is -2.23. The number of rotatable bonds is 3. The number of benzene rings is 1. The van der Waals surface area contributed by atoms with Gasteiger partial charge in [-0.1, -0.05) is 0 Å². The minimum absolute atomic E-state index is 0.106. The van der Waals surface area contributed by atoms with Crippen LogP contribution in [0.1, 0.15) is 12.8 Å². The summed E-state index contributed by atoms with van der Waals surface area (Å²) in [6.45, 7) is 0. The number of hydrogen-bond acceptors (Lipinski definition) is 4. The zero-order valence-corrected chi connectivity index (χ0v) is 10.7. The van der Waals surface area contributed by atoms with Crippen LogP contribution in [0, 0.1) is 11.8 Å². The maximum Gasteiger partial charge on any atom is 0.310 e. The molecule has 2 aliphatic heterocycles. The van der Waals surface area contributed by atoms with Crippen molar-refractivity contribution in [2.45, 2.75) is 25.0 Å². The molecule has 6 heteroatoms. The van der Waals surface area contributed by atoms with Crippen LogP contribution in [0.4, 0.5) is 5.69 Å². The predicted octanol–water partition coefficient (Wildman–Crippen LogP) is 1.21. The molecule has 0 spiro atoms. The maximum atomic E-state index is 12.3. The van der Waals surface area contributed by atoms with Crippen LogP contribution in [-0.4, -0.2) is 34.3 Å². The molecule has 0 saturated carbocycles. The Bertz CT molecular complexity index is 541. The quantitative estimate of drug-likeness (QED) is 0.722. The van der Waals surface area contributed by atoms with Crippen molar-refractivity contribution in [3.05, 3.63) is 24.3 Å². The Labute approximate surface area is 115 Å². The first-order chi connectivity index (χ1) is 9.56. The van der Waals surface area contributed by atoms with E-state index in [1.54, 1.807) is 12.1 Å². The topological polar surface area (TPSA) is 95.9 Å². The number of ether oxygens (including phenoxy) is 1. The Hall–Kier alpha value is -2.08. The lowest BCUT2D eigenvalue weighted by atomic mass is 9.78. The fraction of sp³-hybridized carbons (Fsp3) is 0.429. The third kappa shape index (κ3) is 2.12. The molecule has 3 rings (SSSR count). The number of aromatic hydroxyl groups is 1. The van der Waals surface area contributed by atoms with Crippen molar-refractivity contribution in [3.8, 4) is 5.75 Å². The number of carbonyl (C=O) groups excluding carboxylic acids is 1. The molecular formula is C14H15NO5. The molecule has 6 nitrogen and oxygen atoms in total. The van der Waals surface area contributed by atoms with Crippen molar-refractivity contribution in [2.75, 3.05) is 5.32 Å². The number of carbonyl (C=O) groups is 2. The number of phenolic OH excluding ortho intramolecular Hbond substituents is 1. The van der Waals surface area contributed by atoms with Crippen LogP contribution in [0.25, 0.3) is 0 Å². The highest BCUT2D eigenvalue weighted by Crippen LogP contribution is 2.44. The number of anilines is 1. The summed E-state index contributed by atoms with van der Waals surface area (Å²) in [7, 11) is 0. The molecule has 106 valence electrons. The standard InChI is InChI=1S/C14H15NO5/c16-8-3-1-7(2-4-8)15-13(17)11-9-5-6-10(20-9)12(11)14(18)19/h1-4,9-12,16H,5-6H2,(H,15,17)(H,18,19)/t9-,10-,11?,12?/m1/s1. The molecule has 20 heavy (non-hydrogen) atoms. The van der Waals surface area contributed by atoms with Crippen LogP contribution in [0.2, 0.25) is 0 Å². The van der Waals surface area contributed by atoms with Crippen molar-refractivity contribution >= 4 is 17.6 Å². The van der Waals surface area contributed by atoms with Gasteiger partial charge < -0.3 is 20.3 Å². The summed E-state index contributed by atoms with van der Waals surface area (Å²) in [5, 5.41) is 21.1. The van der Waals surface area contributed by atoms with Crippen molar-refractivity contribution in [1.82, 2.24) is 0 Å². The second kappa shape index (κ2) is 4.79. The number of carboxylic acids is 1. The Morgan fingerprint density at radius 2 is 1.70 bits per heavy atom. The smallest absolute Gasteiger partial charge is 0.310 e. The van der Waals surface area contributed by atoms with Gasteiger partial charge in [-0.15, -0.1) is 0 Å². The van der Waals surface area contributed by atoms with Crippen molar-refractivity contribution < 1.29 is 24.5 Å². The lowest BCUT2D eigenvalue weighted by Crippen LogP contribution is -2.40. The third-order valence-electron chi connectivity index (χ3n) is 4.00. The normalized spacial score (nSPS) is 31.2. The maximum absolute atomic E-state index is 12.3. The van der Waals surface area contributed by atoms with Crippen LogP contribution in [0.15, 0.2) is 24.3 Å². The van der Waals surface area contributed by atoms with Gasteiger partial charge in [-0.05, 0) is 37.1 Å². The summed E-state index contributed by atoms with van der Waals surface area (Å²) in [6, 6.07) is 6.05. The summed E-state index contributed by atoms with van der Waals surface area (Å²) in [6.07, 6.45) is 0.762. The summed E-state index contributed by atoms with van der Waals surface area (Å²) in [5.41, 5.74) is 0.528. The first kappa shape index (κ1) is 12.9. The van der Waals surface area contributed by atoms with Crippen LogP contribution < -0.4 is 5.32 Å². The number of hydrogen-bond donors (Lipinski definition) is 3. The van der Waals surface area contributed by atoms with Crippen molar-refractivity contribution in [3.63, 3.8) is 0 Å². The van der Waals surface area contributed by atoms with Gasteiger partial charge in [-0.3, -0.25) is 9.59 Å². The first-order valence-electron chi connectivity index (χ1n) is 6.54. The largest absolute Gasteiger partial charge is 0.508 e. The zero-order chi connectivity index (χ0) is 14.3. The van der Waals surface area contributed by atoms with Gasteiger partial charge in [-0.25, -0.2) is 0 Å². The van der Waals surface area contributed by atoms with Gasteiger partial charge in [-0.2, -0.15) is 0 Å². The van der Waals surface area contributed by atoms with Gasteiger partial charge in [0, 0.05) is 5.69 Å². The fourth-order valence-electron chi connectivity index (χ4n) is 3.09. The fourth-order valence-corrected chi connectivity index (χ4v) is 3.09. The average Bonchev–Trinajstić information content (AvgIpc) is 3.01. The van der Waals surface area contributed by atoms with Crippen LogP contribution in [0.3, 0.4) is 0 Å². The molecule has 2 saturated heterocycles. The SMILES string of the molecule is O=C(O)C1C(C(=O)Nc2ccc(O)cc2)[C@H]2CC[C@H]1O2. The van der Waals surface area contributed by atoms with E-state index in [4.69, 9.17) is 4.74 Å². The average molecular weight is 277 g/mol. The van der Waals surface area contributed by atoms with Gasteiger partial charge in [0.25, 0.3) is 0 Å². The van der Waals surface area contributed by atoms with E-state index in [-0.39, 0.29) is 23.9 Å². The third-order valence-corrected chi connectivity index (χ3v) is 4.00. The minimum atomic E-state index is -0.983. The molecule has 0 aliphatic carbocycles. The molecule has 2 heterocycles. The zero-order valence-electron chi connectivity index (χ0n) is 10.7. The van der Waals surface area contributed by atoms with E-state index < -0.39 is 17.8 Å². The molecule has 1 aromatic carbocycles. The Balaban J connectivity index is 1.76. The van der Waals surface area contributed by atoms with Gasteiger partial charge in [0.1, 0.15) is 5.75 Å².